The molecule has 2 aromatic rings. The second-order valence-electron chi connectivity index (χ2n) is 9.54. The number of carbonyl (C=O) groups excluding carboxylic acids is 1. The van der Waals surface area contributed by atoms with E-state index >= 15 is 0 Å². The molecule has 1 saturated heterocycles. The maximum absolute atomic E-state index is 12.9. The number of sulfonamides is 1. The summed E-state index contributed by atoms with van der Waals surface area (Å²) in [5.41, 5.74) is 5.19. The van der Waals surface area contributed by atoms with Crippen LogP contribution in [0.15, 0.2) is 48.5 Å². The van der Waals surface area contributed by atoms with E-state index in [0.29, 0.717) is 32.4 Å². The highest BCUT2D eigenvalue weighted by Gasteiger charge is 2.31. The third-order valence-electron chi connectivity index (χ3n) is 7.16. The van der Waals surface area contributed by atoms with E-state index in [9.17, 15) is 13.2 Å². The third kappa shape index (κ3) is 6.24. The smallest absolute Gasteiger partial charge is 0.223 e. The molecule has 0 bridgehead atoms. The van der Waals surface area contributed by atoms with E-state index < -0.39 is 10.0 Å². The number of nitrogens with zero attached hydrogens (tertiary/aromatic N) is 1. The summed E-state index contributed by atoms with van der Waals surface area (Å²) in [4.78, 5) is 12.9. The van der Waals surface area contributed by atoms with Gasteiger partial charge in [0.15, 0.2) is 0 Å². The standard InChI is InChI=1S/C27H36N2O3S/c1-21(25-14-13-23-11-5-6-12-26(23)20-25)28-27(30)24-15-17-29(18-16-24)33(31,32)19-7-10-22-8-3-2-4-9-22/h2-4,8-9,13-14,20-21,24H,5-7,10-12,15-19H2,1H3,(H,28,30)/t21-/m0/s1. The molecule has 33 heavy (non-hydrogen) atoms. The molecular formula is C27H36N2O3S. The first-order valence-electron chi connectivity index (χ1n) is 12.4. The fourth-order valence-electron chi connectivity index (χ4n) is 5.07. The summed E-state index contributed by atoms with van der Waals surface area (Å²) in [6.45, 7) is 2.90. The molecule has 1 N–H and O–H groups in total. The zero-order valence-corrected chi connectivity index (χ0v) is 20.4. The lowest BCUT2D eigenvalue weighted by Crippen LogP contribution is -2.44. The molecule has 0 spiro atoms. The first-order chi connectivity index (χ1) is 15.9. The van der Waals surface area contributed by atoms with Crippen molar-refractivity contribution in [3.8, 4) is 0 Å². The number of amides is 1. The topological polar surface area (TPSA) is 66.5 Å². The predicted molar refractivity (Wildman–Crippen MR) is 132 cm³/mol. The minimum Gasteiger partial charge on any atom is -0.349 e. The SMILES string of the molecule is C[C@H](NC(=O)C1CCN(S(=O)(=O)CCCc2ccccc2)CC1)c1ccc2c(c1)CCCC2. The number of nitrogens with one attached hydrogen (secondary N) is 1. The van der Waals surface area contributed by atoms with Gasteiger partial charge in [0.1, 0.15) is 0 Å². The minimum atomic E-state index is -3.28. The highest BCUT2D eigenvalue weighted by atomic mass is 32.2. The van der Waals surface area contributed by atoms with Gasteiger partial charge in [-0.2, -0.15) is 0 Å². The summed E-state index contributed by atoms with van der Waals surface area (Å²) in [5, 5.41) is 3.17. The van der Waals surface area contributed by atoms with Crippen molar-refractivity contribution in [3.05, 3.63) is 70.8 Å². The number of hydrogen-bond acceptors (Lipinski definition) is 3. The Balaban J connectivity index is 1.24. The molecule has 6 heteroatoms. The Bertz CT molecular complexity index is 1040. The molecule has 1 amide bonds. The second-order valence-corrected chi connectivity index (χ2v) is 11.6. The van der Waals surface area contributed by atoms with Crippen molar-refractivity contribution in [2.24, 2.45) is 5.92 Å². The van der Waals surface area contributed by atoms with Crippen molar-refractivity contribution in [1.29, 1.82) is 0 Å². The zero-order chi connectivity index (χ0) is 23.3. The van der Waals surface area contributed by atoms with Gasteiger partial charge in [0.2, 0.25) is 15.9 Å². The van der Waals surface area contributed by atoms with Crippen molar-refractivity contribution in [1.82, 2.24) is 9.62 Å². The van der Waals surface area contributed by atoms with E-state index in [1.165, 1.54) is 24.0 Å². The van der Waals surface area contributed by atoms with Gasteiger partial charge in [-0.25, -0.2) is 12.7 Å². The Morgan fingerprint density at radius 3 is 2.45 bits per heavy atom. The molecule has 1 heterocycles. The number of rotatable bonds is 8. The van der Waals surface area contributed by atoms with Gasteiger partial charge in [-0.1, -0.05) is 48.5 Å². The molecule has 0 saturated carbocycles. The number of piperidine rings is 1. The molecule has 2 aromatic carbocycles. The van der Waals surface area contributed by atoms with Crippen LogP contribution in [0.5, 0.6) is 0 Å². The summed E-state index contributed by atoms with van der Waals surface area (Å²) in [5.74, 6) is 0.0795. The summed E-state index contributed by atoms with van der Waals surface area (Å²) in [7, 11) is -3.28. The normalized spacial score (nSPS) is 18.5. The van der Waals surface area contributed by atoms with Gasteiger partial charge >= 0.3 is 0 Å². The van der Waals surface area contributed by atoms with Crippen LogP contribution in [-0.2, 0) is 34.1 Å². The largest absolute Gasteiger partial charge is 0.349 e. The van der Waals surface area contributed by atoms with Crippen molar-refractivity contribution >= 4 is 15.9 Å². The van der Waals surface area contributed by atoms with Crippen molar-refractivity contribution < 1.29 is 13.2 Å². The third-order valence-corrected chi connectivity index (χ3v) is 9.12. The quantitative estimate of drug-likeness (QED) is 0.624. The van der Waals surface area contributed by atoms with Crippen LogP contribution in [0.4, 0.5) is 0 Å². The van der Waals surface area contributed by atoms with E-state index in [0.717, 1.165) is 30.4 Å². The Labute approximate surface area is 198 Å². The number of benzene rings is 2. The molecule has 1 fully saturated rings. The van der Waals surface area contributed by atoms with Gasteiger partial charge in [-0.3, -0.25) is 4.79 Å². The maximum atomic E-state index is 12.9. The summed E-state index contributed by atoms with van der Waals surface area (Å²) >= 11 is 0. The van der Waals surface area contributed by atoms with Crippen LogP contribution in [0, 0.1) is 5.92 Å². The molecule has 4 rings (SSSR count). The summed E-state index contributed by atoms with van der Waals surface area (Å²) < 4.78 is 27.1. The highest BCUT2D eigenvalue weighted by molar-refractivity contribution is 7.89. The van der Waals surface area contributed by atoms with Crippen LogP contribution >= 0.6 is 0 Å². The lowest BCUT2D eigenvalue weighted by Gasteiger charge is -2.31. The first-order valence-corrected chi connectivity index (χ1v) is 14.0. The molecule has 0 radical (unpaired) electrons. The van der Waals surface area contributed by atoms with E-state index in [-0.39, 0.29) is 23.6 Å². The van der Waals surface area contributed by atoms with Crippen LogP contribution in [0.2, 0.25) is 0 Å². The molecule has 2 aliphatic rings. The van der Waals surface area contributed by atoms with E-state index in [2.05, 4.69) is 23.5 Å². The van der Waals surface area contributed by atoms with Gasteiger partial charge in [0, 0.05) is 19.0 Å². The molecular weight excluding hydrogens is 432 g/mol. The van der Waals surface area contributed by atoms with Crippen molar-refractivity contribution in [2.45, 2.75) is 64.3 Å². The fraction of sp³-hybridized carbons (Fsp3) is 0.519. The summed E-state index contributed by atoms with van der Waals surface area (Å²) in [6, 6.07) is 16.6. The van der Waals surface area contributed by atoms with Crippen molar-refractivity contribution in [3.63, 3.8) is 0 Å². The first kappa shape index (κ1) is 24.0. The van der Waals surface area contributed by atoms with Crippen LogP contribution < -0.4 is 5.32 Å². The van der Waals surface area contributed by atoms with E-state index in [4.69, 9.17) is 0 Å². The van der Waals surface area contributed by atoms with Crippen LogP contribution in [0.25, 0.3) is 0 Å². The molecule has 178 valence electrons. The molecule has 1 aliphatic heterocycles. The van der Waals surface area contributed by atoms with E-state index in [1.54, 1.807) is 4.31 Å². The Morgan fingerprint density at radius 2 is 1.73 bits per heavy atom. The Hall–Kier alpha value is -2.18. The van der Waals surface area contributed by atoms with Crippen LogP contribution in [-0.4, -0.2) is 37.5 Å². The fourth-order valence-corrected chi connectivity index (χ4v) is 6.60. The zero-order valence-electron chi connectivity index (χ0n) is 19.6. The number of fused-ring (bicyclic) bond motifs is 1. The van der Waals surface area contributed by atoms with E-state index in [1.807, 2.05) is 37.3 Å². The van der Waals surface area contributed by atoms with Gasteiger partial charge in [-0.15, -0.1) is 0 Å². The average Bonchev–Trinajstić information content (AvgIpc) is 2.84. The van der Waals surface area contributed by atoms with Gasteiger partial charge in [-0.05, 0) is 80.5 Å². The number of carbonyl (C=O) groups is 1. The highest BCUT2D eigenvalue weighted by Crippen LogP contribution is 2.26. The monoisotopic (exact) mass is 468 g/mol. The molecule has 0 aromatic heterocycles. The van der Waals surface area contributed by atoms with Gasteiger partial charge in [0.05, 0.1) is 11.8 Å². The van der Waals surface area contributed by atoms with Crippen LogP contribution in [0.3, 0.4) is 0 Å². The number of aryl methyl sites for hydroxylation is 3. The minimum absolute atomic E-state index is 0.0375. The molecule has 1 aliphatic carbocycles. The van der Waals surface area contributed by atoms with Crippen LogP contribution in [0.1, 0.15) is 67.3 Å². The van der Waals surface area contributed by atoms with Gasteiger partial charge < -0.3 is 5.32 Å². The Kier molecular flexibility index (Phi) is 7.86. The summed E-state index contributed by atoms with van der Waals surface area (Å²) in [6.07, 6.45) is 7.34. The molecule has 1 atom stereocenters. The predicted octanol–water partition coefficient (Wildman–Crippen LogP) is 4.42. The Morgan fingerprint density at radius 1 is 1.03 bits per heavy atom. The maximum Gasteiger partial charge on any atom is 0.223 e. The second kappa shape index (κ2) is 10.8. The lowest BCUT2D eigenvalue weighted by molar-refractivity contribution is -0.126. The molecule has 5 nitrogen and oxygen atoms in total. The van der Waals surface area contributed by atoms with Gasteiger partial charge in [0.25, 0.3) is 0 Å². The van der Waals surface area contributed by atoms with Crippen molar-refractivity contribution in [2.75, 3.05) is 18.8 Å². The number of hydrogen-bond donors (Lipinski definition) is 1. The molecule has 0 unspecified atom stereocenters. The lowest BCUT2D eigenvalue weighted by atomic mass is 9.89. The average molecular weight is 469 g/mol.